The van der Waals surface area contributed by atoms with E-state index in [1.54, 1.807) is 0 Å². The van der Waals surface area contributed by atoms with Crippen molar-refractivity contribution in [1.82, 2.24) is 0 Å². The van der Waals surface area contributed by atoms with Gasteiger partial charge in [-0.05, 0) is 0 Å². The van der Waals surface area contributed by atoms with E-state index >= 15 is 0 Å². The van der Waals surface area contributed by atoms with Crippen molar-refractivity contribution in [3.8, 4) is 0 Å². The van der Waals surface area contributed by atoms with Crippen LogP contribution < -0.4 is 0 Å². The predicted molar refractivity (Wildman–Crippen MR) is 68.5 cm³/mol. The molecule has 0 radical (unpaired) electrons. The highest BCUT2D eigenvalue weighted by Crippen LogP contribution is 2.33. The molecule has 0 spiro atoms. The van der Waals surface area contributed by atoms with Crippen molar-refractivity contribution in [3.63, 3.8) is 0 Å². The molecular formula is C9H9Cl2O4S2-. The maximum absolute atomic E-state index is 11.5. The Balaban J connectivity index is 3.56. The predicted octanol–water partition coefficient (Wildman–Crippen LogP) is 1.92. The number of sulfone groups is 2. The molecule has 17 heavy (non-hydrogen) atoms. The van der Waals surface area contributed by atoms with E-state index < -0.39 is 24.3 Å². The molecule has 0 aliphatic heterocycles. The second-order valence-corrected chi connectivity index (χ2v) is 8.46. The molecule has 0 aromatic heterocycles. The van der Waals surface area contributed by atoms with E-state index in [2.05, 4.69) is 0 Å². The van der Waals surface area contributed by atoms with E-state index in [1.165, 1.54) is 18.2 Å². The number of hydrogen-bond acceptors (Lipinski definition) is 4. The molecule has 4 nitrogen and oxygen atoms in total. The van der Waals surface area contributed by atoms with Crippen LogP contribution in [0.15, 0.2) is 18.2 Å². The fraction of sp³-hybridized carbons (Fsp3) is 0.222. The zero-order chi connectivity index (χ0) is 13.4. The topological polar surface area (TPSA) is 68.3 Å². The highest BCUT2D eigenvalue weighted by molar-refractivity contribution is 8.12. The summed E-state index contributed by atoms with van der Waals surface area (Å²) >= 11 is 11.5. The van der Waals surface area contributed by atoms with Crippen LogP contribution in [0.3, 0.4) is 0 Å². The van der Waals surface area contributed by atoms with Gasteiger partial charge in [0.05, 0.1) is 4.58 Å². The number of rotatable bonds is 3. The quantitative estimate of drug-likeness (QED) is 0.799. The smallest absolute Gasteiger partial charge is 0.141 e. The monoisotopic (exact) mass is 315 g/mol. The van der Waals surface area contributed by atoms with Crippen LogP contribution >= 0.6 is 23.2 Å². The van der Waals surface area contributed by atoms with Gasteiger partial charge in [-0.25, -0.2) is 16.8 Å². The molecule has 1 aromatic carbocycles. The van der Waals surface area contributed by atoms with Crippen molar-refractivity contribution in [3.05, 3.63) is 38.4 Å². The Morgan fingerprint density at radius 1 is 1.00 bits per heavy atom. The van der Waals surface area contributed by atoms with E-state index in [4.69, 9.17) is 23.2 Å². The molecule has 0 saturated heterocycles. The molecule has 0 atom stereocenters. The van der Waals surface area contributed by atoms with Gasteiger partial charge in [0.25, 0.3) is 0 Å². The van der Waals surface area contributed by atoms with Crippen LogP contribution in [0, 0.1) is 4.58 Å². The summed E-state index contributed by atoms with van der Waals surface area (Å²) in [6.07, 6.45) is 1.63. The summed E-state index contributed by atoms with van der Waals surface area (Å²) in [5.41, 5.74) is -0.0685. The van der Waals surface area contributed by atoms with Crippen LogP contribution in [-0.4, -0.2) is 29.3 Å². The SMILES string of the molecule is CS(=O)(=O)[C-](c1ccc(Cl)cc1Cl)S(C)(=O)=O. The van der Waals surface area contributed by atoms with Crippen molar-refractivity contribution in [2.75, 3.05) is 12.5 Å². The zero-order valence-corrected chi connectivity index (χ0v) is 12.1. The lowest BCUT2D eigenvalue weighted by atomic mass is 10.2. The van der Waals surface area contributed by atoms with E-state index in [9.17, 15) is 16.8 Å². The molecule has 1 rings (SSSR count). The van der Waals surface area contributed by atoms with Crippen LogP contribution in [0.2, 0.25) is 10.0 Å². The normalized spacial score (nSPS) is 12.5. The molecule has 0 heterocycles. The molecule has 0 fully saturated rings. The Bertz CT molecular complexity index is 603. The summed E-state index contributed by atoms with van der Waals surface area (Å²) < 4.78 is 45.3. The maximum atomic E-state index is 11.5. The molecule has 0 aliphatic carbocycles. The number of halogens is 2. The van der Waals surface area contributed by atoms with Gasteiger partial charge >= 0.3 is 0 Å². The summed E-state index contributed by atoms with van der Waals surface area (Å²) in [5.74, 6) is 0. The van der Waals surface area contributed by atoms with Crippen molar-refractivity contribution >= 4 is 42.9 Å². The molecule has 0 amide bonds. The Morgan fingerprint density at radius 2 is 1.47 bits per heavy atom. The highest BCUT2D eigenvalue weighted by Gasteiger charge is 2.27. The lowest BCUT2D eigenvalue weighted by molar-refractivity contribution is 0.596. The van der Waals surface area contributed by atoms with Gasteiger partial charge in [-0.2, -0.15) is 17.7 Å². The van der Waals surface area contributed by atoms with Gasteiger partial charge in [-0.3, -0.25) is 0 Å². The van der Waals surface area contributed by atoms with Gasteiger partial charge < -0.3 is 0 Å². The maximum Gasteiger partial charge on any atom is 0.141 e. The summed E-state index contributed by atoms with van der Waals surface area (Å²) in [4.78, 5) is 0. The number of hydrogen-bond donors (Lipinski definition) is 0. The average Bonchev–Trinajstić information content (AvgIpc) is 2.04. The molecule has 0 saturated carbocycles. The molecule has 1 aromatic rings. The van der Waals surface area contributed by atoms with E-state index in [-0.39, 0.29) is 10.6 Å². The number of benzene rings is 1. The lowest BCUT2D eigenvalue weighted by Crippen LogP contribution is -2.21. The van der Waals surface area contributed by atoms with Crippen LogP contribution in [0.25, 0.3) is 0 Å². The third-order valence-electron chi connectivity index (χ3n) is 1.82. The first kappa shape index (κ1) is 14.6. The first-order valence-electron chi connectivity index (χ1n) is 4.26. The van der Waals surface area contributed by atoms with Gasteiger partial charge in [0.15, 0.2) is 0 Å². The first-order chi connectivity index (χ1) is 7.53. The highest BCUT2D eigenvalue weighted by atomic mass is 35.5. The van der Waals surface area contributed by atoms with Gasteiger partial charge in [0.2, 0.25) is 0 Å². The van der Waals surface area contributed by atoms with Crippen LogP contribution in [0.1, 0.15) is 5.56 Å². The molecule has 0 N–H and O–H groups in total. The minimum Gasteiger partial charge on any atom is -0.236 e. The van der Waals surface area contributed by atoms with Gasteiger partial charge in [-0.1, -0.05) is 28.8 Å². The first-order valence-corrected chi connectivity index (χ1v) is 8.80. The van der Waals surface area contributed by atoms with E-state index in [0.29, 0.717) is 5.02 Å². The zero-order valence-electron chi connectivity index (χ0n) is 8.94. The molecule has 8 heteroatoms. The van der Waals surface area contributed by atoms with Crippen molar-refractivity contribution in [2.24, 2.45) is 0 Å². The third-order valence-corrected chi connectivity index (χ3v) is 5.98. The van der Waals surface area contributed by atoms with Gasteiger partial charge in [0, 0.05) is 17.5 Å². The minimum atomic E-state index is -3.91. The standard InChI is InChI=1S/C9H9Cl2O4S2/c1-16(12,13)9(17(2,14)15)7-4-3-6(10)5-8(7)11/h3-5H,1-2H3/q-1. The van der Waals surface area contributed by atoms with E-state index in [0.717, 1.165) is 12.5 Å². The van der Waals surface area contributed by atoms with Crippen LogP contribution in [0.4, 0.5) is 0 Å². The van der Waals surface area contributed by atoms with Crippen molar-refractivity contribution in [2.45, 2.75) is 0 Å². The average molecular weight is 316 g/mol. The van der Waals surface area contributed by atoms with E-state index in [1.807, 2.05) is 0 Å². The van der Waals surface area contributed by atoms with Crippen molar-refractivity contribution in [1.29, 1.82) is 0 Å². The van der Waals surface area contributed by atoms with Gasteiger partial charge in [0.1, 0.15) is 19.7 Å². The Labute approximate surface area is 110 Å². The second kappa shape index (κ2) is 4.68. The Morgan fingerprint density at radius 3 is 1.82 bits per heavy atom. The fourth-order valence-corrected chi connectivity index (χ4v) is 5.30. The largest absolute Gasteiger partial charge is 0.236 e. The Hall–Kier alpha value is -0.430. The van der Waals surface area contributed by atoms with Crippen LogP contribution in [0.5, 0.6) is 0 Å². The second-order valence-electron chi connectivity index (χ2n) is 3.46. The van der Waals surface area contributed by atoms with Gasteiger partial charge in [-0.15, -0.1) is 5.56 Å². The Kier molecular flexibility index (Phi) is 4.03. The minimum absolute atomic E-state index is 0.0247. The summed E-state index contributed by atoms with van der Waals surface area (Å²) in [7, 11) is -7.82. The molecular weight excluding hydrogens is 307 g/mol. The summed E-state index contributed by atoms with van der Waals surface area (Å²) in [6.45, 7) is 0. The summed E-state index contributed by atoms with van der Waals surface area (Å²) in [5, 5.41) is 0.267. The lowest BCUT2D eigenvalue weighted by Gasteiger charge is -2.23. The summed E-state index contributed by atoms with van der Waals surface area (Å²) in [6, 6.07) is 3.93. The molecule has 0 aliphatic rings. The van der Waals surface area contributed by atoms with Crippen molar-refractivity contribution < 1.29 is 16.8 Å². The molecule has 96 valence electrons. The molecule has 0 unspecified atom stereocenters. The molecule has 0 bridgehead atoms. The van der Waals surface area contributed by atoms with Crippen LogP contribution in [-0.2, 0) is 19.7 Å². The third kappa shape index (κ3) is 3.51. The fourth-order valence-electron chi connectivity index (χ4n) is 1.33.